The van der Waals surface area contributed by atoms with Gasteiger partial charge in [0.25, 0.3) is 5.91 Å². The molecule has 0 saturated carbocycles. The molecule has 1 heterocycles. The van der Waals surface area contributed by atoms with Crippen LogP contribution in [-0.2, 0) is 9.84 Å². The second-order valence-electron chi connectivity index (χ2n) is 6.94. The van der Waals surface area contributed by atoms with Crippen LogP contribution >= 0.6 is 0 Å². The van der Waals surface area contributed by atoms with Crippen LogP contribution in [0, 0.1) is 0 Å². The Morgan fingerprint density at radius 3 is 2.16 bits per heavy atom. The number of carbonyl (C=O) groups excluding carboxylic acids is 2. The number of aromatic nitrogens is 2. The van der Waals surface area contributed by atoms with E-state index in [9.17, 15) is 18.0 Å². The number of rotatable bonds is 6. The van der Waals surface area contributed by atoms with Gasteiger partial charge in [0.15, 0.2) is 15.6 Å². The number of carbonyl (C=O) groups is 2. The molecule has 4 rings (SSSR count). The Bertz CT molecular complexity index is 1400. The highest BCUT2D eigenvalue weighted by Crippen LogP contribution is 2.23. The summed E-state index contributed by atoms with van der Waals surface area (Å²) < 4.78 is 28.9. The van der Waals surface area contributed by atoms with E-state index in [1.807, 2.05) is 6.07 Å². The Hall–Kier alpha value is -4.11. The second kappa shape index (κ2) is 8.56. The number of hydrogen-bond acceptors (Lipinski definition) is 7. The fourth-order valence-electron chi connectivity index (χ4n) is 2.95. The molecule has 0 bridgehead atoms. The molecular formula is C23H17N3O5S. The summed E-state index contributed by atoms with van der Waals surface area (Å²) in [5.41, 5.74) is 1.72. The first kappa shape index (κ1) is 21.1. The Labute approximate surface area is 183 Å². The van der Waals surface area contributed by atoms with E-state index in [1.165, 1.54) is 24.3 Å². The Morgan fingerprint density at radius 2 is 1.47 bits per heavy atom. The van der Waals surface area contributed by atoms with Gasteiger partial charge in [0.1, 0.15) is 0 Å². The molecule has 0 unspecified atom stereocenters. The quantitative estimate of drug-likeness (QED) is 0.448. The van der Waals surface area contributed by atoms with Gasteiger partial charge in [0, 0.05) is 28.5 Å². The number of anilines is 1. The Balaban J connectivity index is 1.47. The maximum absolute atomic E-state index is 12.5. The average Bonchev–Trinajstić information content (AvgIpc) is 3.27. The molecule has 0 atom stereocenters. The lowest BCUT2D eigenvalue weighted by Gasteiger charge is -2.04. The molecule has 0 aliphatic rings. The normalized spacial score (nSPS) is 11.2. The number of nitrogens with one attached hydrogen (secondary N) is 1. The molecule has 3 aromatic carbocycles. The van der Waals surface area contributed by atoms with Crippen LogP contribution in [-0.4, -0.2) is 36.6 Å². The monoisotopic (exact) mass is 447 g/mol. The molecule has 0 aliphatic carbocycles. The van der Waals surface area contributed by atoms with Gasteiger partial charge >= 0.3 is 6.01 Å². The van der Waals surface area contributed by atoms with Crippen molar-refractivity contribution in [1.29, 1.82) is 0 Å². The molecule has 8 nitrogen and oxygen atoms in total. The van der Waals surface area contributed by atoms with Crippen molar-refractivity contribution in [2.24, 2.45) is 0 Å². The van der Waals surface area contributed by atoms with Gasteiger partial charge in [-0.15, -0.1) is 5.10 Å². The molecule has 0 fully saturated rings. The van der Waals surface area contributed by atoms with Crippen molar-refractivity contribution in [3.8, 4) is 11.5 Å². The zero-order valence-electron chi connectivity index (χ0n) is 16.8. The maximum Gasteiger partial charge on any atom is 0.322 e. The molecule has 1 amide bonds. The number of benzene rings is 3. The summed E-state index contributed by atoms with van der Waals surface area (Å²) in [5, 5.41) is 10.1. The lowest BCUT2D eigenvalue weighted by Crippen LogP contribution is -2.12. The summed E-state index contributed by atoms with van der Waals surface area (Å²) >= 11 is 0. The van der Waals surface area contributed by atoms with Gasteiger partial charge in [-0.3, -0.25) is 14.9 Å². The maximum atomic E-state index is 12.5. The summed E-state index contributed by atoms with van der Waals surface area (Å²) in [7, 11) is -3.39. The minimum absolute atomic E-state index is 0.0644. The second-order valence-corrected chi connectivity index (χ2v) is 8.95. The highest BCUT2D eigenvalue weighted by Gasteiger charge is 2.16. The van der Waals surface area contributed by atoms with Crippen LogP contribution in [0.1, 0.15) is 26.3 Å². The highest BCUT2D eigenvalue weighted by atomic mass is 32.2. The number of sulfone groups is 1. The van der Waals surface area contributed by atoms with E-state index in [0.717, 1.165) is 6.26 Å². The van der Waals surface area contributed by atoms with Gasteiger partial charge in [-0.25, -0.2) is 8.42 Å². The fourth-order valence-corrected chi connectivity index (χ4v) is 3.62. The van der Waals surface area contributed by atoms with E-state index in [2.05, 4.69) is 15.5 Å². The predicted octanol–water partition coefficient (Wildman–Crippen LogP) is 3.62. The first-order chi connectivity index (χ1) is 15.3. The molecule has 9 heteroatoms. The first-order valence-corrected chi connectivity index (χ1v) is 11.4. The van der Waals surface area contributed by atoms with Crippen LogP contribution in [0.4, 0.5) is 6.01 Å². The Kier molecular flexibility index (Phi) is 5.65. The molecule has 0 saturated heterocycles. The summed E-state index contributed by atoms with van der Waals surface area (Å²) in [6, 6.07) is 21.0. The molecule has 1 N–H and O–H groups in total. The third-order valence-corrected chi connectivity index (χ3v) is 5.71. The van der Waals surface area contributed by atoms with Gasteiger partial charge in [-0.05, 0) is 30.3 Å². The zero-order valence-corrected chi connectivity index (χ0v) is 17.7. The van der Waals surface area contributed by atoms with E-state index in [0.29, 0.717) is 22.3 Å². The van der Waals surface area contributed by atoms with Crippen LogP contribution in [0.15, 0.2) is 88.2 Å². The Morgan fingerprint density at radius 1 is 0.812 bits per heavy atom. The van der Waals surface area contributed by atoms with Crippen LogP contribution in [0.25, 0.3) is 11.5 Å². The molecule has 32 heavy (non-hydrogen) atoms. The van der Waals surface area contributed by atoms with Crippen LogP contribution in [0.5, 0.6) is 0 Å². The van der Waals surface area contributed by atoms with Gasteiger partial charge < -0.3 is 4.42 Å². The number of hydrogen-bond donors (Lipinski definition) is 1. The van der Waals surface area contributed by atoms with Crippen molar-refractivity contribution in [1.82, 2.24) is 10.2 Å². The molecule has 4 aromatic rings. The largest absolute Gasteiger partial charge is 0.403 e. The van der Waals surface area contributed by atoms with Crippen molar-refractivity contribution in [2.75, 3.05) is 11.6 Å². The van der Waals surface area contributed by atoms with Crippen molar-refractivity contribution in [3.05, 3.63) is 95.6 Å². The third-order valence-electron chi connectivity index (χ3n) is 4.60. The molecule has 1 aromatic heterocycles. The van der Waals surface area contributed by atoms with Crippen LogP contribution in [0.2, 0.25) is 0 Å². The average molecular weight is 447 g/mol. The SMILES string of the molecule is CS(=O)(=O)c1cccc(-c2nnc(NC(=O)c3ccc(C(=O)c4ccccc4)cc3)o2)c1. The number of ketones is 1. The lowest BCUT2D eigenvalue weighted by atomic mass is 10.0. The van der Waals surface area contributed by atoms with Crippen molar-refractivity contribution >= 4 is 27.5 Å². The first-order valence-electron chi connectivity index (χ1n) is 9.46. The molecule has 0 aliphatic heterocycles. The van der Waals surface area contributed by atoms with Gasteiger partial charge in [0.2, 0.25) is 5.89 Å². The van der Waals surface area contributed by atoms with Crippen molar-refractivity contribution in [2.45, 2.75) is 4.90 Å². The third kappa shape index (κ3) is 4.62. The molecule has 0 spiro atoms. The van der Waals surface area contributed by atoms with E-state index >= 15 is 0 Å². The highest BCUT2D eigenvalue weighted by molar-refractivity contribution is 7.90. The topological polar surface area (TPSA) is 119 Å². The van der Waals surface area contributed by atoms with Crippen molar-refractivity contribution in [3.63, 3.8) is 0 Å². The zero-order chi connectivity index (χ0) is 22.7. The molecule has 0 radical (unpaired) electrons. The van der Waals surface area contributed by atoms with Crippen LogP contribution in [0.3, 0.4) is 0 Å². The van der Waals surface area contributed by atoms with Gasteiger partial charge in [-0.2, -0.15) is 0 Å². The van der Waals surface area contributed by atoms with Crippen molar-refractivity contribution < 1.29 is 22.4 Å². The molecule has 160 valence electrons. The smallest absolute Gasteiger partial charge is 0.322 e. The van der Waals surface area contributed by atoms with Gasteiger partial charge in [-0.1, -0.05) is 53.6 Å². The number of amides is 1. The van der Waals surface area contributed by atoms with Gasteiger partial charge in [0.05, 0.1) is 4.90 Å². The minimum Gasteiger partial charge on any atom is -0.403 e. The van der Waals surface area contributed by atoms with E-state index in [4.69, 9.17) is 4.42 Å². The van der Waals surface area contributed by atoms with Crippen LogP contribution < -0.4 is 5.32 Å². The van der Waals surface area contributed by atoms with E-state index in [-0.39, 0.29) is 22.6 Å². The molecular weight excluding hydrogens is 430 g/mol. The van der Waals surface area contributed by atoms with E-state index < -0.39 is 15.7 Å². The summed E-state index contributed by atoms with van der Waals surface area (Å²) in [6.45, 7) is 0. The van der Waals surface area contributed by atoms with E-state index in [1.54, 1.807) is 48.5 Å². The minimum atomic E-state index is -3.39. The lowest BCUT2D eigenvalue weighted by molar-refractivity contribution is 0.101. The standard InChI is InChI=1S/C23H17N3O5S/c1-32(29,30)19-9-5-8-18(14-19)22-25-26-23(31-22)24-21(28)17-12-10-16(11-13-17)20(27)15-6-3-2-4-7-15/h2-14H,1H3,(H,24,26,28). The number of nitrogens with zero attached hydrogens (tertiary/aromatic N) is 2. The fraction of sp³-hybridized carbons (Fsp3) is 0.0435. The summed E-state index contributed by atoms with van der Waals surface area (Å²) in [5.74, 6) is -0.575. The summed E-state index contributed by atoms with van der Waals surface area (Å²) in [4.78, 5) is 25.1. The predicted molar refractivity (Wildman–Crippen MR) is 117 cm³/mol. The summed E-state index contributed by atoms with van der Waals surface area (Å²) in [6.07, 6.45) is 1.10.